The van der Waals surface area contributed by atoms with Crippen LogP contribution in [-0.2, 0) is 17.7 Å². The van der Waals surface area contributed by atoms with Gasteiger partial charge in [0.1, 0.15) is 0 Å². The Labute approximate surface area is 117 Å². The van der Waals surface area contributed by atoms with E-state index in [-0.39, 0.29) is 5.97 Å². The van der Waals surface area contributed by atoms with Crippen LogP contribution in [0.15, 0.2) is 28.8 Å². The van der Waals surface area contributed by atoms with Crippen LogP contribution in [0.4, 0.5) is 0 Å². The van der Waals surface area contributed by atoms with Crippen LogP contribution in [-0.4, -0.2) is 29.8 Å². The molecule has 0 atom stereocenters. The zero-order chi connectivity index (χ0) is 14.4. The molecule has 106 valence electrons. The van der Waals surface area contributed by atoms with E-state index in [1.807, 2.05) is 18.2 Å². The van der Waals surface area contributed by atoms with Crippen molar-refractivity contribution in [2.24, 2.45) is 0 Å². The molecule has 0 spiro atoms. The van der Waals surface area contributed by atoms with Gasteiger partial charge in [-0.15, -0.1) is 0 Å². The molecule has 1 aromatic heterocycles. The molecule has 0 radical (unpaired) electrons. The summed E-state index contributed by atoms with van der Waals surface area (Å²) in [6.45, 7) is 3.06. The fraction of sp³-hybridized carbons (Fsp3) is 0.357. The van der Waals surface area contributed by atoms with E-state index in [9.17, 15) is 4.79 Å². The Hall–Kier alpha value is -2.21. The van der Waals surface area contributed by atoms with Gasteiger partial charge in [0.25, 0.3) is 0 Å². The zero-order valence-electron chi connectivity index (χ0n) is 11.5. The largest absolute Gasteiger partial charge is 0.465 e. The number of aryl methyl sites for hydroxylation is 1. The van der Waals surface area contributed by atoms with Crippen LogP contribution in [0.25, 0.3) is 0 Å². The lowest BCUT2D eigenvalue weighted by molar-refractivity contribution is 0.0599. The van der Waals surface area contributed by atoms with Gasteiger partial charge in [0.15, 0.2) is 5.82 Å². The van der Waals surface area contributed by atoms with Crippen LogP contribution < -0.4 is 5.32 Å². The van der Waals surface area contributed by atoms with Crippen molar-refractivity contribution in [3.05, 3.63) is 47.1 Å². The number of methoxy groups -OCH3 is 1. The van der Waals surface area contributed by atoms with Crippen molar-refractivity contribution < 1.29 is 14.1 Å². The number of nitrogens with zero attached hydrogens (tertiary/aromatic N) is 2. The van der Waals surface area contributed by atoms with Gasteiger partial charge in [-0.1, -0.05) is 23.4 Å². The minimum atomic E-state index is -0.324. The van der Waals surface area contributed by atoms with Gasteiger partial charge in [0.2, 0.25) is 5.89 Å². The Morgan fingerprint density at radius 1 is 1.40 bits per heavy atom. The second-order valence-electron chi connectivity index (χ2n) is 4.31. The van der Waals surface area contributed by atoms with E-state index in [0.29, 0.717) is 36.8 Å². The summed E-state index contributed by atoms with van der Waals surface area (Å²) in [4.78, 5) is 15.7. The Balaban J connectivity index is 1.86. The minimum Gasteiger partial charge on any atom is -0.465 e. The maximum absolute atomic E-state index is 11.6. The molecular formula is C14H17N3O3. The summed E-state index contributed by atoms with van der Waals surface area (Å²) in [6.07, 6.45) is 0.654. The van der Waals surface area contributed by atoms with E-state index in [1.165, 1.54) is 7.11 Å². The Morgan fingerprint density at radius 3 is 2.90 bits per heavy atom. The SMILES string of the molecule is COC(=O)c1ccccc1CNCCc1nc(C)no1. The summed E-state index contributed by atoms with van der Waals surface area (Å²) < 4.78 is 9.78. The first-order valence-electron chi connectivity index (χ1n) is 6.37. The van der Waals surface area contributed by atoms with Gasteiger partial charge in [-0.25, -0.2) is 4.79 Å². The number of aromatic nitrogens is 2. The molecule has 1 aromatic carbocycles. The predicted molar refractivity (Wildman–Crippen MR) is 72.2 cm³/mol. The molecule has 0 bridgehead atoms. The lowest BCUT2D eigenvalue weighted by Gasteiger charge is -2.08. The highest BCUT2D eigenvalue weighted by atomic mass is 16.5. The highest BCUT2D eigenvalue weighted by Gasteiger charge is 2.10. The summed E-state index contributed by atoms with van der Waals surface area (Å²) in [5, 5.41) is 6.97. The number of hydrogen-bond donors (Lipinski definition) is 1. The van der Waals surface area contributed by atoms with Gasteiger partial charge in [-0.2, -0.15) is 4.98 Å². The molecule has 6 heteroatoms. The van der Waals surface area contributed by atoms with Gasteiger partial charge >= 0.3 is 5.97 Å². The molecule has 0 saturated heterocycles. The van der Waals surface area contributed by atoms with Gasteiger partial charge in [-0.3, -0.25) is 0 Å². The number of hydrogen-bond acceptors (Lipinski definition) is 6. The van der Waals surface area contributed by atoms with Crippen LogP contribution in [0.5, 0.6) is 0 Å². The number of benzene rings is 1. The van der Waals surface area contributed by atoms with E-state index in [2.05, 4.69) is 15.5 Å². The third-order valence-corrected chi connectivity index (χ3v) is 2.82. The molecule has 2 rings (SSSR count). The molecule has 0 saturated carbocycles. The first-order valence-corrected chi connectivity index (χ1v) is 6.37. The monoisotopic (exact) mass is 275 g/mol. The normalized spacial score (nSPS) is 10.5. The molecule has 0 aliphatic carbocycles. The van der Waals surface area contributed by atoms with E-state index < -0.39 is 0 Å². The number of esters is 1. The number of rotatable bonds is 6. The Morgan fingerprint density at radius 2 is 2.20 bits per heavy atom. The second-order valence-corrected chi connectivity index (χ2v) is 4.31. The molecule has 0 unspecified atom stereocenters. The second kappa shape index (κ2) is 6.81. The zero-order valence-corrected chi connectivity index (χ0v) is 11.5. The van der Waals surface area contributed by atoms with E-state index in [0.717, 1.165) is 5.56 Å². The average Bonchev–Trinajstić information content (AvgIpc) is 2.89. The maximum Gasteiger partial charge on any atom is 0.338 e. The fourth-order valence-electron chi connectivity index (χ4n) is 1.84. The van der Waals surface area contributed by atoms with Gasteiger partial charge in [0, 0.05) is 19.5 Å². The number of ether oxygens (including phenoxy) is 1. The highest BCUT2D eigenvalue weighted by molar-refractivity contribution is 5.90. The fourth-order valence-corrected chi connectivity index (χ4v) is 1.84. The van der Waals surface area contributed by atoms with Gasteiger partial charge in [-0.05, 0) is 18.6 Å². The standard InChI is InChI=1S/C14H17N3O3/c1-10-16-13(20-17-10)7-8-15-9-11-5-3-4-6-12(11)14(18)19-2/h3-6,15H,7-9H2,1-2H3. The van der Waals surface area contributed by atoms with Crippen molar-refractivity contribution in [2.45, 2.75) is 19.9 Å². The summed E-state index contributed by atoms with van der Waals surface area (Å²) in [5.74, 6) is 0.919. The smallest absolute Gasteiger partial charge is 0.338 e. The lowest BCUT2D eigenvalue weighted by atomic mass is 10.1. The third-order valence-electron chi connectivity index (χ3n) is 2.82. The van der Waals surface area contributed by atoms with Crippen molar-refractivity contribution in [1.82, 2.24) is 15.5 Å². The molecule has 20 heavy (non-hydrogen) atoms. The highest BCUT2D eigenvalue weighted by Crippen LogP contribution is 2.09. The molecule has 0 fully saturated rings. The van der Waals surface area contributed by atoms with Crippen LogP contribution in [0.1, 0.15) is 27.6 Å². The molecule has 0 amide bonds. The van der Waals surface area contributed by atoms with Crippen molar-refractivity contribution in [3.63, 3.8) is 0 Å². The van der Waals surface area contributed by atoms with Gasteiger partial charge in [0.05, 0.1) is 12.7 Å². The topological polar surface area (TPSA) is 77.2 Å². The van der Waals surface area contributed by atoms with E-state index in [4.69, 9.17) is 9.26 Å². The summed E-state index contributed by atoms with van der Waals surface area (Å²) in [6, 6.07) is 7.36. The summed E-state index contributed by atoms with van der Waals surface area (Å²) >= 11 is 0. The molecule has 0 aliphatic heterocycles. The average molecular weight is 275 g/mol. The summed E-state index contributed by atoms with van der Waals surface area (Å²) in [5.41, 5.74) is 1.48. The van der Waals surface area contributed by atoms with E-state index >= 15 is 0 Å². The molecule has 1 heterocycles. The molecule has 2 aromatic rings. The Bertz CT molecular complexity index is 581. The lowest BCUT2D eigenvalue weighted by Crippen LogP contribution is -2.19. The summed E-state index contributed by atoms with van der Waals surface area (Å²) in [7, 11) is 1.38. The van der Waals surface area contributed by atoms with Crippen LogP contribution in [0.3, 0.4) is 0 Å². The minimum absolute atomic E-state index is 0.324. The van der Waals surface area contributed by atoms with Crippen molar-refractivity contribution in [3.8, 4) is 0 Å². The van der Waals surface area contributed by atoms with Crippen molar-refractivity contribution in [2.75, 3.05) is 13.7 Å². The molecular weight excluding hydrogens is 258 g/mol. The van der Waals surface area contributed by atoms with Crippen LogP contribution in [0.2, 0.25) is 0 Å². The van der Waals surface area contributed by atoms with Crippen molar-refractivity contribution >= 4 is 5.97 Å². The van der Waals surface area contributed by atoms with E-state index in [1.54, 1.807) is 13.0 Å². The first kappa shape index (κ1) is 14.2. The molecule has 1 N–H and O–H groups in total. The van der Waals surface area contributed by atoms with Crippen LogP contribution >= 0.6 is 0 Å². The Kier molecular flexibility index (Phi) is 4.84. The number of carbonyl (C=O) groups excluding carboxylic acids is 1. The molecule has 6 nitrogen and oxygen atoms in total. The third kappa shape index (κ3) is 3.64. The number of carbonyl (C=O) groups is 1. The predicted octanol–water partition coefficient (Wildman–Crippen LogP) is 1.50. The maximum atomic E-state index is 11.6. The van der Waals surface area contributed by atoms with Gasteiger partial charge < -0.3 is 14.6 Å². The number of nitrogens with one attached hydrogen (secondary N) is 1. The van der Waals surface area contributed by atoms with Crippen LogP contribution in [0, 0.1) is 6.92 Å². The molecule has 0 aliphatic rings. The van der Waals surface area contributed by atoms with Crippen molar-refractivity contribution in [1.29, 1.82) is 0 Å². The quantitative estimate of drug-likeness (QED) is 0.636. The first-order chi connectivity index (χ1) is 9.70.